The number of anilines is 1. The standard InChI is InChI=1S/C16H20N2O5/c1-11(2)16(21)23-10-14(19)8-18(9-15(20)17-22)13-6-4-12(3)5-7-13/h4-7,14,19H,1,8-10H2,2-3H3. The topological polar surface area (TPSA) is 96.3 Å². The van der Waals surface area contributed by atoms with Gasteiger partial charge in [0, 0.05) is 23.0 Å². The highest BCUT2D eigenvalue weighted by Crippen LogP contribution is 2.15. The molecule has 1 amide bonds. The normalized spacial score (nSPS) is 11.4. The van der Waals surface area contributed by atoms with Gasteiger partial charge in [0.05, 0.1) is 0 Å². The van der Waals surface area contributed by atoms with E-state index in [0.717, 1.165) is 5.56 Å². The van der Waals surface area contributed by atoms with E-state index in [4.69, 9.17) is 4.74 Å². The predicted octanol–water partition coefficient (Wildman–Crippen LogP) is 1.57. The highest BCUT2D eigenvalue weighted by Gasteiger charge is 2.18. The molecule has 0 aromatic heterocycles. The quantitative estimate of drug-likeness (QED) is 0.444. The van der Waals surface area contributed by atoms with E-state index in [9.17, 15) is 19.6 Å². The number of esters is 1. The van der Waals surface area contributed by atoms with Crippen LogP contribution in [0.2, 0.25) is 0 Å². The molecule has 7 nitrogen and oxygen atoms in total. The van der Waals surface area contributed by atoms with Crippen molar-refractivity contribution < 1.29 is 19.4 Å². The van der Waals surface area contributed by atoms with Gasteiger partial charge in [0.25, 0.3) is 0 Å². The third-order valence-electron chi connectivity index (χ3n) is 3.01. The fourth-order valence-corrected chi connectivity index (χ4v) is 1.81. The Balaban J connectivity index is 2.74. The highest BCUT2D eigenvalue weighted by atomic mass is 16.5. The van der Waals surface area contributed by atoms with Crippen LogP contribution in [-0.2, 0) is 14.3 Å². The van der Waals surface area contributed by atoms with Crippen LogP contribution in [0, 0.1) is 11.8 Å². The van der Waals surface area contributed by atoms with Gasteiger partial charge in [-0.05, 0) is 26.0 Å². The van der Waals surface area contributed by atoms with Gasteiger partial charge in [-0.1, -0.05) is 24.3 Å². The number of aliphatic hydroxyl groups excluding tert-OH is 1. The zero-order valence-electron chi connectivity index (χ0n) is 13.2. The van der Waals surface area contributed by atoms with E-state index >= 15 is 0 Å². The molecular formula is C16H20N2O5. The molecule has 1 aromatic carbocycles. The van der Waals surface area contributed by atoms with Gasteiger partial charge in [-0.2, -0.15) is 0 Å². The number of aryl methyl sites for hydroxylation is 1. The first-order valence-electron chi connectivity index (χ1n) is 7.02. The number of hydrogen-bond donors (Lipinski definition) is 1. The molecule has 1 aromatic rings. The third-order valence-corrected chi connectivity index (χ3v) is 3.01. The van der Waals surface area contributed by atoms with E-state index < -0.39 is 18.0 Å². The molecule has 0 aliphatic heterocycles. The Morgan fingerprint density at radius 2 is 1.96 bits per heavy atom. The van der Waals surface area contributed by atoms with Crippen molar-refractivity contribution in [1.82, 2.24) is 0 Å². The smallest absolute Gasteiger partial charge is 0.333 e. The monoisotopic (exact) mass is 320 g/mol. The summed E-state index contributed by atoms with van der Waals surface area (Å²) in [4.78, 5) is 34.4. The zero-order chi connectivity index (χ0) is 17.4. The molecule has 124 valence electrons. The van der Waals surface area contributed by atoms with E-state index in [-0.39, 0.29) is 25.3 Å². The maximum absolute atomic E-state index is 11.3. The molecule has 7 heteroatoms. The number of benzene rings is 1. The summed E-state index contributed by atoms with van der Waals surface area (Å²) >= 11 is 0. The number of amides is 1. The van der Waals surface area contributed by atoms with Crippen LogP contribution in [0.5, 0.6) is 0 Å². The Hall–Kier alpha value is -2.54. The van der Waals surface area contributed by atoms with Crippen LogP contribution < -0.4 is 4.90 Å². The number of carbonyl (C=O) groups excluding carboxylic acids is 2. The van der Waals surface area contributed by atoms with Gasteiger partial charge in [0.15, 0.2) is 0 Å². The predicted molar refractivity (Wildman–Crippen MR) is 86.0 cm³/mol. The largest absolute Gasteiger partial charge is 0.460 e. The zero-order valence-corrected chi connectivity index (χ0v) is 13.2. The van der Waals surface area contributed by atoms with Crippen molar-refractivity contribution in [2.45, 2.75) is 20.0 Å². The molecule has 0 radical (unpaired) electrons. The number of rotatable bonds is 8. The molecule has 0 bridgehead atoms. The summed E-state index contributed by atoms with van der Waals surface area (Å²) in [5.74, 6) is -1.45. The average molecular weight is 320 g/mol. The Bertz CT molecular complexity index is 583. The lowest BCUT2D eigenvalue weighted by Crippen LogP contribution is -2.38. The van der Waals surface area contributed by atoms with Crippen LogP contribution in [0.15, 0.2) is 41.6 Å². The highest BCUT2D eigenvalue weighted by molar-refractivity contribution is 5.86. The molecule has 23 heavy (non-hydrogen) atoms. The van der Waals surface area contributed by atoms with E-state index in [1.54, 1.807) is 12.1 Å². The van der Waals surface area contributed by atoms with Crippen LogP contribution in [0.4, 0.5) is 5.69 Å². The van der Waals surface area contributed by atoms with Crippen molar-refractivity contribution in [2.75, 3.05) is 24.6 Å². The second-order valence-corrected chi connectivity index (χ2v) is 5.23. The van der Waals surface area contributed by atoms with Crippen molar-refractivity contribution >= 4 is 17.6 Å². The van der Waals surface area contributed by atoms with Crippen LogP contribution in [0.25, 0.3) is 0 Å². The van der Waals surface area contributed by atoms with Gasteiger partial charge < -0.3 is 14.7 Å². The molecule has 0 saturated carbocycles. The first kappa shape index (κ1) is 18.5. The molecule has 0 saturated heterocycles. The molecule has 1 N–H and O–H groups in total. The fourth-order valence-electron chi connectivity index (χ4n) is 1.81. The minimum absolute atomic E-state index is 0.00773. The fraction of sp³-hybridized carbons (Fsp3) is 0.375. The summed E-state index contributed by atoms with van der Waals surface area (Å²) < 4.78 is 4.87. The van der Waals surface area contributed by atoms with E-state index in [1.807, 2.05) is 19.1 Å². The van der Waals surface area contributed by atoms with Gasteiger partial charge in [0.2, 0.25) is 0 Å². The van der Waals surface area contributed by atoms with Crippen LogP contribution in [0.3, 0.4) is 0 Å². The van der Waals surface area contributed by atoms with Gasteiger partial charge in [-0.3, -0.25) is 4.79 Å². The van der Waals surface area contributed by atoms with Crippen molar-refractivity contribution in [3.05, 3.63) is 46.9 Å². The van der Waals surface area contributed by atoms with Crippen LogP contribution >= 0.6 is 0 Å². The maximum atomic E-state index is 11.3. The van der Waals surface area contributed by atoms with Gasteiger partial charge in [-0.25, -0.2) is 4.79 Å². The Kier molecular flexibility index (Phi) is 7.08. The van der Waals surface area contributed by atoms with E-state index in [0.29, 0.717) is 5.69 Å². The first-order valence-corrected chi connectivity index (χ1v) is 7.02. The minimum atomic E-state index is -1.03. The third kappa shape index (κ3) is 6.39. The molecule has 1 rings (SSSR count). The molecule has 0 heterocycles. The molecular weight excluding hydrogens is 300 g/mol. The summed E-state index contributed by atoms with van der Waals surface area (Å²) in [6.07, 6.45) is -1.03. The summed E-state index contributed by atoms with van der Waals surface area (Å²) in [5.41, 5.74) is 1.91. The van der Waals surface area contributed by atoms with Gasteiger partial charge in [-0.15, -0.1) is 4.91 Å². The number of nitrogens with zero attached hydrogens (tertiary/aromatic N) is 2. The maximum Gasteiger partial charge on any atom is 0.333 e. The van der Waals surface area contributed by atoms with E-state index in [2.05, 4.69) is 11.8 Å². The van der Waals surface area contributed by atoms with Crippen molar-refractivity contribution in [2.24, 2.45) is 5.18 Å². The molecule has 1 atom stereocenters. The second kappa shape index (κ2) is 8.79. The number of hydrogen-bond acceptors (Lipinski definition) is 6. The lowest BCUT2D eigenvalue weighted by atomic mass is 10.2. The Labute approximate surface area is 134 Å². The van der Waals surface area contributed by atoms with E-state index in [1.165, 1.54) is 11.8 Å². The number of nitroso groups, excluding NO2 is 1. The summed E-state index contributed by atoms with van der Waals surface area (Å²) in [7, 11) is 0. The van der Waals surface area contributed by atoms with Crippen molar-refractivity contribution in [3.8, 4) is 0 Å². The Morgan fingerprint density at radius 1 is 1.35 bits per heavy atom. The number of carbonyl (C=O) groups is 2. The van der Waals surface area contributed by atoms with Crippen LogP contribution in [-0.4, -0.2) is 42.8 Å². The SMILES string of the molecule is C=C(C)C(=O)OCC(O)CN(CC(=O)N=O)c1ccc(C)cc1. The molecule has 0 spiro atoms. The number of aliphatic hydroxyl groups is 1. The summed E-state index contributed by atoms with van der Waals surface area (Å²) in [5, 5.41) is 12.4. The molecule has 0 fully saturated rings. The average Bonchev–Trinajstić information content (AvgIpc) is 2.52. The van der Waals surface area contributed by atoms with Crippen LogP contribution in [0.1, 0.15) is 12.5 Å². The number of ether oxygens (including phenoxy) is 1. The summed E-state index contributed by atoms with van der Waals surface area (Å²) in [6.45, 7) is 6.36. The molecule has 0 aliphatic carbocycles. The molecule has 0 aliphatic rings. The van der Waals surface area contributed by atoms with Crippen molar-refractivity contribution in [3.63, 3.8) is 0 Å². The lowest BCUT2D eigenvalue weighted by Gasteiger charge is -2.25. The Morgan fingerprint density at radius 3 is 2.48 bits per heavy atom. The second-order valence-electron chi connectivity index (χ2n) is 5.23. The van der Waals surface area contributed by atoms with Gasteiger partial charge >= 0.3 is 11.9 Å². The lowest BCUT2D eigenvalue weighted by molar-refractivity contribution is -0.141. The van der Waals surface area contributed by atoms with Crippen molar-refractivity contribution in [1.29, 1.82) is 0 Å². The molecule has 1 unspecified atom stereocenters. The first-order chi connectivity index (χ1) is 10.8. The minimum Gasteiger partial charge on any atom is -0.460 e. The summed E-state index contributed by atoms with van der Waals surface area (Å²) in [6, 6.07) is 7.21. The van der Waals surface area contributed by atoms with Gasteiger partial charge in [0.1, 0.15) is 19.3 Å².